The molecule has 2 N–H and O–H groups in total. The lowest BCUT2D eigenvalue weighted by Gasteiger charge is -2.27. The lowest BCUT2D eigenvalue weighted by molar-refractivity contribution is 1.28. The van der Waals surface area contributed by atoms with Gasteiger partial charge in [-0.2, -0.15) is 0 Å². The van der Waals surface area contributed by atoms with E-state index >= 15 is 0 Å². The number of benzene rings is 5. The third-order valence-corrected chi connectivity index (χ3v) is 6.40. The van der Waals surface area contributed by atoms with Crippen molar-refractivity contribution in [3.63, 3.8) is 0 Å². The normalized spacial score (nSPS) is 10.4. The molecule has 0 saturated heterocycles. The van der Waals surface area contributed by atoms with Crippen LogP contribution in [0.5, 0.6) is 0 Å². The van der Waals surface area contributed by atoms with E-state index in [4.69, 9.17) is 18.6 Å². The van der Waals surface area contributed by atoms with E-state index in [1.54, 1.807) is 0 Å². The molecule has 0 unspecified atom stereocenters. The second-order valence-electron chi connectivity index (χ2n) is 8.94. The van der Waals surface area contributed by atoms with Crippen molar-refractivity contribution in [1.82, 2.24) is 0 Å². The number of hydrogen-bond acceptors (Lipinski definition) is 2. The van der Waals surface area contributed by atoms with Gasteiger partial charge >= 0.3 is 0 Å². The second kappa shape index (κ2) is 10.2. The molecule has 5 aromatic rings. The minimum atomic E-state index is 0.745. The van der Waals surface area contributed by atoms with Gasteiger partial charge in [0.05, 0.1) is 0 Å². The molecule has 0 aliphatic rings. The van der Waals surface area contributed by atoms with Crippen LogP contribution >= 0.6 is 0 Å². The van der Waals surface area contributed by atoms with E-state index in [9.17, 15) is 0 Å². The van der Waals surface area contributed by atoms with Crippen LogP contribution < -0.4 is 10.6 Å². The maximum atomic E-state index is 5.98. The van der Waals surface area contributed by atoms with Gasteiger partial charge < -0.3 is 10.6 Å². The Hall–Kier alpha value is -5.18. The topological polar surface area (TPSA) is 29.3 Å². The zero-order valence-electron chi connectivity index (χ0n) is 20.6. The van der Waals surface area contributed by atoms with Gasteiger partial charge in [0.1, 0.15) is 0 Å². The van der Waals surface area contributed by atoms with Crippen LogP contribution in [0.3, 0.4) is 0 Å². The third kappa shape index (κ3) is 4.96. The Morgan fingerprint density at radius 1 is 0.568 bits per heavy atom. The summed E-state index contributed by atoms with van der Waals surface area (Å²) < 4.78 is 0. The van der Waals surface area contributed by atoms with Gasteiger partial charge in [0.2, 0.25) is 0 Å². The predicted molar refractivity (Wildman–Crippen MR) is 157 cm³/mol. The van der Waals surface area contributed by atoms with Crippen molar-refractivity contribution in [2.45, 2.75) is 6.92 Å². The number of terminal acetylenes is 2. The Bertz CT molecular complexity index is 1570. The van der Waals surface area contributed by atoms with Crippen LogP contribution in [0, 0.1) is 31.6 Å². The Balaban J connectivity index is 1.72. The van der Waals surface area contributed by atoms with Crippen molar-refractivity contribution in [2.75, 3.05) is 10.6 Å². The average Bonchev–Trinajstić information content (AvgIpc) is 2.94. The van der Waals surface area contributed by atoms with Gasteiger partial charge in [0, 0.05) is 33.9 Å². The molecule has 0 spiro atoms. The van der Waals surface area contributed by atoms with E-state index in [0.29, 0.717) is 0 Å². The average molecular weight is 475 g/mol. The molecular formula is C35H26N2. The summed E-state index contributed by atoms with van der Waals surface area (Å²) in [6.45, 7) is 2.11. The van der Waals surface area contributed by atoms with Gasteiger partial charge in [-0.1, -0.05) is 59.9 Å². The Morgan fingerprint density at radius 3 is 1.68 bits per heavy atom. The van der Waals surface area contributed by atoms with E-state index < -0.39 is 0 Å². The lowest BCUT2D eigenvalue weighted by Crippen LogP contribution is -2.10. The summed E-state index contributed by atoms with van der Waals surface area (Å²) in [6, 6.07) is 39.2. The molecule has 0 heterocycles. The van der Waals surface area contributed by atoms with Crippen molar-refractivity contribution in [3.05, 3.63) is 132 Å². The standard InChI is InChI=1S/C35H26N2/c1-4-26-9-17-31(18-10-26)37(32-19-11-27(5-2)12-20-32)33-21-22-34(28-13-15-30(36)16-14-28)35(24-33)29-8-6-7-25(3)23-29/h1-2,6-24H,36H2,3H3. The predicted octanol–water partition coefficient (Wildman–Crippen LogP) is 8.34. The van der Waals surface area contributed by atoms with E-state index in [0.717, 1.165) is 56.1 Å². The van der Waals surface area contributed by atoms with E-state index in [-0.39, 0.29) is 0 Å². The van der Waals surface area contributed by atoms with Crippen LogP contribution in [0.1, 0.15) is 16.7 Å². The van der Waals surface area contributed by atoms with Crippen molar-refractivity contribution in [3.8, 4) is 46.9 Å². The first-order valence-electron chi connectivity index (χ1n) is 12.1. The van der Waals surface area contributed by atoms with Crippen molar-refractivity contribution >= 4 is 22.7 Å². The smallest absolute Gasteiger partial charge is 0.0468 e. The molecule has 0 amide bonds. The number of hydrogen-bond donors (Lipinski definition) is 1. The molecular weight excluding hydrogens is 448 g/mol. The third-order valence-electron chi connectivity index (χ3n) is 6.40. The first kappa shape index (κ1) is 23.6. The van der Waals surface area contributed by atoms with Crippen LogP contribution in [-0.2, 0) is 0 Å². The Labute approximate surface area is 219 Å². The zero-order chi connectivity index (χ0) is 25.8. The Kier molecular flexibility index (Phi) is 6.50. The highest BCUT2D eigenvalue weighted by Crippen LogP contribution is 2.41. The molecule has 0 atom stereocenters. The van der Waals surface area contributed by atoms with E-state index in [2.05, 4.69) is 78.3 Å². The minimum Gasteiger partial charge on any atom is -0.399 e. The summed E-state index contributed by atoms with van der Waals surface area (Å²) in [5, 5.41) is 0. The lowest BCUT2D eigenvalue weighted by atomic mass is 9.92. The largest absolute Gasteiger partial charge is 0.399 e. The minimum absolute atomic E-state index is 0.745. The van der Waals surface area contributed by atoms with Crippen LogP contribution in [0.25, 0.3) is 22.3 Å². The highest BCUT2D eigenvalue weighted by Gasteiger charge is 2.16. The van der Waals surface area contributed by atoms with E-state index in [1.165, 1.54) is 5.56 Å². The summed E-state index contributed by atoms with van der Waals surface area (Å²) in [5.41, 5.74) is 17.2. The van der Waals surface area contributed by atoms with Crippen molar-refractivity contribution in [2.24, 2.45) is 0 Å². The first-order valence-corrected chi connectivity index (χ1v) is 12.1. The number of rotatable bonds is 5. The summed E-state index contributed by atoms with van der Waals surface area (Å²) in [7, 11) is 0. The number of nitrogens with two attached hydrogens (primary N) is 1. The highest BCUT2D eigenvalue weighted by molar-refractivity contribution is 5.89. The van der Waals surface area contributed by atoms with Crippen LogP contribution in [0.15, 0.2) is 115 Å². The van der Waals surface area contributed by atoms with Crippen LogP contribution in [0.4, 0.5) is 22.7 Å². The van der Waals surface area contributed by atoms with Gasteiger partial charge in [-0.05, 0) is 102 Å². The number of nitrogen functional groups attached to an aromatic ring is 1. The van der Waals surface area contributed by atoms with Gasteiger partial charge in [-0.15, -0.1) is 12.8 Å². The van der Waals surface area contributed by atoms with Gasteiger partial charge in [0.15, 0.2) is 0 Å². The Morgan fingerprint density at radius 2 is 1.14 bits per heavy atom. The molecule has 0 fully saturated rings. The first-order chi connectivity index (χ1) is 18.1. The van der Waals surface area contributed by atoms with Gasteiger partial charge in [-0.25, -0.2) is 0 Å². The molecule has 2 heteroatoms. The highest BCUT2D eigenvalue weighted by atomic mass is 15.1. The quantitative estimate of drug-likeness (QED) is 0.205. The molecule has 0 aliphatic heterocycles. The van der Waals surface area contributed by atoms with Gasteiger partial charge in [0.25, 0.3) is 0 Å². The molecule has 0 bridgehead atoms. The van der Waals surface area contributed by atoms with E-state index in [1.807, 2.05) is 60.7 Å². The fourth-order valence-corrected chi connectivity index (χ4v) is 4.50. The number of anilines is 4. The summed E-state index contributed by atoms with van der Waals surface area (Å²) in [5.74, 6) is 5.41. The van der Waals surface area contributed by atoms with Crippen molar-refractivity contribution < 1.29 is 0 Å². The van der Waals surface area contributed by atoms with Crippen LogP contribution in [0.2, 0.25) is 0 Å². The molecule has 0 aliphatic carbocycles. The fourth-order valence-electron chi connectivity index (χ4n) is 4.50. The van der Waals surface area contributed by atoms with Crippen molar-refractivity contribution in [1.29, 1.82) is 0 Å². The summed E-state index contributed by atoms with van der Waals surface area (Å²) in [6.07, 6.45) is 11.2. The molecule has 5 rings (SSSR count). The maximum Gasteiger partial charge on any atom is 0.0468 e. The van der Waals surface area contributed by atoms with Gasteiger partial charge in [-0.3, -0.25) is 0 Å². The molecule has 0 radical (unpaired) electrons. The molecule has 176 valence electrons. The number of nitrogens with zero attached hydrogens (tertiary/aromatic N) is 1. The SMILES string of the molecule is C#Cc1ccc(N(c2ccc(C#C)cc2)c2ccc(-c3ccc(N)cc3)c(-c3cccc(C)c3)c2)cc1. The molecule has 5 aromatic carbocycles. The second-order valence-corrected chi connectivity index (χ2v) is 8.94. The number of aryl methyl sites for hydroxylation is 1. The monoisotopic (exact) mass is 474 g/mol. The molecule has 37 heavy (non-hydrogen) atoms. The fraction of sp³-hybridized carbons (Fsp3) is 0.0286. The molecule has 0 saturated carbocycles. The van der Waals surface area contributed by atoms with Crippen LogP contribution in [-0.4, -0.2) is 0 Å². The maximum absolute atomic E-state index is 5.98. The zero-order valence-corrected chi connectivity index (χ0v) is 20.6. The summed E-state index contributed by atoms with van der Waals surface area (Å²) in [4.78, 5) is 2.21. The summed E-state index contributed by atoms with van der Waals surface area (Å²) >= 11 is 0. The molecule has 2 nitrogen and oxygen atoms in total. The molecule has 0 aromatic heterocycles.